The van der Waals surface area contributed by atoms with E-state index in [-0.39, 0.29) is 19.1 Å². The molecule has 0 aliphatic carbocycles. The number of hydrogen-bond donors (Lipinski definition) is 0. The summed E-state index contributed by atoms with van der Waals surface area (Å²) in [6, 6.07) is 5.43. The second-order valence-electron chi connectivity index (χ2n) is 2.22. The highest BCUT2D eigenvalue weighted by atomic mass is 35.7. The Hall–Kier alpha value is -0.370. The van der Waals surface area contributed by atoms with Crippen LogP contribution in [0.3, 0.4) is 0 Å². The first kappa shape index (κ1) is 13.6. The third-order valence-corrected chi connectivity index (χ3v) is 1.68. The van der Waals surface area contributed by atoms with Crippen molar-refractivity contribution in [2.45, 2.75) is 6.61 Å². The Bertz CT molecular complexity index is 291. The molecule has 0 radical (unpaired) electrons. The van der Waals surface area contributed by atoms with E-state index in [4.69, 9.17) is 0 Å². The fraction of sp³-hybridized carbons (Fsp3) is 0.143. The van der Waals surface area contributed by atoms with Crippen molar-refractivity contribution in [2.24, 2.45) is 0 Å². The normalized spacial score (nSPS) is 10.9. The van der Waals surface area contributed by atoms with Crippen molar-refractivity contribution in [1.29, 1.82) is 0 Å². The molecule has 0 spiro atoms. The van der Waals surface area contributed by atoms with Crippen LogP contribution in [0.25, 0.3) is 0 Å². The van der Waals surface area contributed by atoms with Gasteiger partial charge < -0.3 is 0 Å². The Labute approximate surface area is 89.1 Å². The van der Waals surface area contributed by atoms with Crippen molar-refractivity contribution in [3.05, 3.63) is 35.6 Å². The van der Waals surface area contributed by atoms with Gasteiger partial charge in [-0.15, -0.1) is 0 Å². The van der Waals surface area contributed by atoms with Crippen molar-refractivity contribution < 1.29 is 32.9 Å². The SMILES string of the molecule is S.[O-][Cl+3]([O-])([O-])OCc1ccccc1F. The Morgan fingerprint density at radius 2 is 1.79 bits per heavy atom. The molecule has 0 aliphatic rings. The van der Waals surface area contributed by atoms with Crippen LogP contribution in [-0.2, 0) is 10.9 Å². The zero-order chi connectivity index (χ0) is 9.90. The summed E-state index contributed by atoms with van der Waals surface area (Å²) in [5, 5.41) is 0. The van der Waals surface area contributed by atoms with Gasteiger partial charge in [0.1, 0.15) is 5.82 Å². The van der Waals surface area contributed by atoms with Gasteiger partial charge >= 0.3 is 0 Å². The van der Waals surface area contributed by atoms with Gasteiger partial charge in [0.05, 0.1) is 14.5 Å². The molecule has 0 aromatic heterocycles. The van der Waals surface area contributed by atoms with Gasteiger partial charge in [0.2, 0.25) is 6.61 Å². The Kier molecular flexibility index (Phi) is 5.35. The van der Waals surface area contributed by atoms with E-state index in [1.807, 2.05) is 0 Å². The van der Waals surface area contributed by atoms with E-state index in [0.717, 1.165) is 6.07 Å². The summed E-state index contributed by atoms with van der Waals surface area (Å²) in [5.41, 5.74) is 0.0226. The minimum Gasteiger partial charge on any atom is -0.207 e. The maximum atomic E-state index is 12.8. The highest BCUT2D eigenvalue weighted by Crippen LogP contribution is 2.08. The molecule has 0 unspecified atom stereocenters. The van der Waals surface area contributed by atoms with E-state index in [1.54, 1.807) is 0 Å². The smallest absolute Gasteiger partial charge is 0.207 e. The van der Waals surface area contributed by atoms with E-state index in [2.05, 4.69) is 4.29 Å². The average Bonchev–Trinajstić information content (AvgIpc) is 2.01. The van der Waals surface area contributed by atoms with Crippen LogP contribution in [0.5, 0.6) is 0 Å². The average molecular weight is 243 g/mol. The van der Waals surface area contributed by atoms with E-state index in [9.17, 15) is 18.4 Å². The van der Waals surface area contributed by atoms with Gasteiger partial charge in [-0.25, -0.2) is 4.39 Å². The monoisotopic (exact) mass is 242 g/mol. The molecule has 0 saturated carbocycles. The lowest BCUT2D eigenvalue weighted by Gasteiger charge is -2.12. The maximum absolute atomic E-state index is 12.8. The van der Waals surface area contributed by atoms with Gasteiger partial charge in [-0.1, -0.05) is 18.2 Å². The zero-order valence-corrected chi connectivity index (χ0v) is 8.66. The van der Waals surface area contributed by atoms with Crippen LogP contribution >= 0.6 is 13.5 Å². The second-order valence-corrected chi connectivity index (χ2v) is 3.20. The Balaban J connectivity index is 0.00000169. The van der Waals surface area contributed by atoms with Crippen molar-refractivity contribution in [1.82, 2.24) is 0 Å². The third-order valence-electron chi connectivity index (χ3n) is 1.30. The van der Waals surface area contributed by atoms with Gasteiger partial charge in [0.15, 0.2) is 0 Å². The Morgan fingerprint density at radius 1 is 1.21 bits per heavy atom. The van der Waals surface area contributed by atoms with Crippen molar-refractivity contribution in [2.75, 3.05) is 0 Å². The predicted molar refractivity (Wildman–Crippen MR) is 41.6 cm³/mol. The van der Waals surface area contributed by atoms with E-state index in [1.165, 1.54) is 18.2 Å². The first-order valence-corrected chi connectivity index (χ1v) is 4.51. The molecule has 1 rings (SSSR count). The fourth-order valence-corrected chi connectivity index (χ4v) is 0.992. The highest BCUT2D eigenvalue weighted by Gasteiger charge is 2.18. The molecule has 0 saturated heterocycles. The molecule has 1 aromatic rings. The minimum absolute atomic E-state index is 0. The number of halogens is 2. The molecule has 0 fully saturated rings. The van der Waals surface area contributed by atoms with E-state index in [0.29, 0.717) is 0 Å². The molecule has 0 aliphatic heterocycles. The lowest BCUT2D eigenvalue weighted by Crippen LogP contribution is -2.60. The molecular formula is C7H8ClFO4S. The molecular weight excluding hydrogens is 235 g/mol. The molecule has 80 valence electrons. The standard InChI is InChI=1S/C7H6ClFO4.H2S/c9-7-4-2-1-3-6(7)5-13-8(10,11)12;/h1-4H,5H2;1H2. The van der Waals surface area contributed by atoms with Crippen LogP contribution in [0.2, 0.25) is 0 Å². The minimum atomic E-state index is -4.49. The quantitative estimate of drug-likeness (QED) is 0.636. The second kappa shape index (κ2) is 5.50. The number of rotatable bonds is 3. The molecule has 1 aromatic carbocycles. The summed E-state index contributed by atoms with van der Waals surface area (Å²) in [5.74, 6) is -0.610. The molecule has 0 amide bonds. The summed E-state index contributed by atoms with van der Waals surface area (Å²) >= 11 is 0. The maximum Gasteiger partial charge on any atom is 0.231 e. The summed E-state index contributed by atoms with van der Waals surface area (Å²) in [4.78, 5) is 0. The van der Waals surface area contributed by atoms with Gasteiger partial charge in [0.25, 0.3) is 0 Å². The van der Waals surface area contributed by atoms with Crippen LogP contribution < -0.4 is 14.0 Å². The summed E-state index contributed by atoms with van der Waals surface area (Å²) in [6.45, 7) is -0.583. The van der Waals surface area contributed by atoms with Crippen LogP contribution in [0, 0.1) is 16.1 Å². The first-order valence-electron chi connectivity index (χ1n) is 3.28. The number of benzene rings is 1. The molecule has 0 heterocycles. The van der Waals surface area contributed by atoms with Gasteiger partial charge in [-0.3, -0.25) is 0 Å². The summed E-state index contributed by atoms with van der Waals surface area (Å²) in [7, 11) is -4.49. The van der Waals surface area contributed by atoms with E-state index >= 15 is 0 Å². The molecule has 4 nitrogen and oxygen atoms in total. The molecule has 7 heteroatoms. The van der Waals surface area contributed by atoms with Crippen molar-refractivity contribution in [3.63, 3.8) is 0 Å². The Morgan fingerprint density at radius 3 is 2.29 bits per heavy atom. The van der Waals surface area contributed by atoms with Gasteiger partial charge in [-0.2, -0.15) is 27.5 Å². The molecule has 0 atom stereocenters. The third kappa shape index (κ3) is 4.75. The van der Waals surface area contributed by atoms with Gasteiger partial charge in [0, 0.05) is 5.56 Å². The summed E-state index contributed by atoms with van der Waals surface area (Å²) in [6.07, 6.45) is 0. The molecule has 0 bridgehead atoms. The van der Waals surface area contributed by atoms with E-state index < -0.39 is 22.7 Å². The van der Waals surface area contributed by atoms with Crippen molar-refractivity contribution in [3.8, 4) is 0 Å². The van der Waals surface area contributed by atoms with Crippen LogP contribution in [0.4, 0.5) is 4.39 Å². The number of hydrogen-bond acceptors (Lipinski definition) is 4. The topological polar surface area (TPSA) is 78.4 Å². The van der Waals surface area contributed by atoms with Crippen LogP contribution in [-0.4, -0.2) is 0 Å². The lowest BCUT2D eigenvalue weighted by atomic mass is 10.2. The molecule has 14 heavy (non-hydrogen) atoms. The molecule has 0 N–H and O–H groups in total. The predicted octanol–water partition coefficient (Wildman–Crippen LogP) is -1.65. The fourth-order valence-electron chi connectivity index (χ4n) is 0.741. The zero-order valence-electron chi connectivity index (χ0n) is 6.91. The first-order chi connectivity index (χ1) is 5.99. The van der Waals surface area contributed by atoms with Crippen LogP contribution in [0.15, 0.2) is 24.3 Å². The van der Waals surface area contributed by atoms with Crippen LogP contribution in [0.1, 0.15) is 5.56 Å². The largest absolute Gasteiger partial charge is 0.231 e. The lowest BCUT2D eigenvalue weighted by molar-refractivity contribution is -1.92. The van der Waals surface area contributed by atoms with Crippen molar-refractivity contribution >= 4 is 13.5 Å². The highest BCUT2D eigenvalue weighted by molar-refractivity contribution is 7.59. The van der Waals surface area contributed by atoms with Gasteiger partial charge in [-0.05, 0) is 6.07 Å². The summed E-state index contributed by atoms with van der Waals surface area (Å²) < 4.78 is 46.6.